The molecule has 0 bridgehead atoms. The molecule has 0 spiro atoms. The van der Waals surface area contributed by atoms with E-state index in [1.54, 1.807) is 18.0 Å². The van der Waals surface area contributed by atoms with Gasteiger partial charge >= 0.3 is 0 Å². The number of aromatic amines is 1. The summed E-state index contributed by atoms with van der Waals surface area (Å²) in [6, 6.07) is 17.8. The normalized spacial score (nSPS) is 10.6. The summed E-state index contributed by atoms with van der Waals surface area (Å²) in [7, 11) is 1.71. The lowest BCUT2D eigenvalue weighted by molar-refractivity contribution is -0.128. The van der Waals surface area contributed by atoms with Gasteiger partial charge in [0.2, 0.25) is 5.91 Å². The average molecular weight is 423 g/mol. The minimum atomic E-state index is -0.603. The molecule has 3 rings (SSSR count). The molecule has 0 aliphatic rings. The smallest absolute Gasteiger partial charge is 0.254 e. The first kappa shape index (κ1) is 22.2. The maximum atomic E-state index is 13.6. The molecule has 0 radical (unpaired) electrons. The second-order valence-corrected chi connectivity index (χ2v) is 7.43. The zero-order chi connectivity index (χ0) is 22.1. The van der Waals surface area contributed by atoms with Gasteiger partial charge in [-0.2, -0.15) is 5.10 Å². The molecule has 1 aromatic heterocycles. The van der Waals surface area contributed by atoms with E-state index in [4.69, 9.17) is 0 Å². The number of aryl methyl sites for hydroxylation is 1. The van der Waals surface area contributed by atoms with Crippen LogP contribution in [0.3, 0.4) is 0 Å². The largest absolute Gasteiger partial charge is 0.344 e. The molecular formula is C24H27FN4O2. The lowest BCUT2D eigenvalue weighted by Gasteiger charge is -2.17. The van der Waals surface area contributed by atoms with E-state index in [1.807, 2.05) is 30.3 Å². The van der Waals surface area contributed by atoms with E-state index in [9.17, 15) is 14.0 Å². The number of H-pyrrole nitrogens is 1. The van der Waals surface area contributed by atoms with E-state index >= 15 is 0 Å². The maximum Gasteiger partial charge on any atom is 0.254 e. The lowest BCUT2D eigenvalue weighted by Crippen LogP contribution is -2.38. The van der Waals surface area contributed by atoms with Crippen LogP contribution in [-0.2, 0) is 11.2 Å². The third kappa shape index (κ3) is 6.50. The van der Waals surface area contributed by atoms with Gasteiger partial charge in [0, 0.05) is 24.8 Å². The molecule has 162 valence electrons. The molecule has 6 nitrogen and oxygen atoms in total. The molecule has 0 saturated carbocycles. The highest BCUT2D eigenvalue weighted by molar-refractivity contribution is 5.96. The minimum Gasteiger partial charge on any atom is -0.344 e. The first-order chi connectivity index (χ1) is 15.0. The highest BCUT2D eigenvalue weighted by atomic mass is 19.1. The van der Waals surface area contributed by atoms with E-state index in [-0.39, 0.29) is 18.0 Å². The Morgan fingerprint density at radius 3 is 2.55 bits per heavy atom. The highest BCUT2D eigenvalue weighted by Gasteiger charge is 2.14. The van der Waals surface area contributed by atoms with Gasteiger partial charge in [0.25, 0.3) is 5.91 Å². The van der Waals surface area contributed by atoms with Gasteiger partial charge < -0.3 is 10.2 Å². The van der Waals surface area contributed by atoms with E-state index in [1.165, 1.54) is 18.2 Å². The summed E-state index contributed by atoms with van der Waals surface area (Å²) in [5, 5.41) is 9.93. The molecule has 0 saturated heterocycles. The quantitative estimate of drug-likeness (QED) is 0.488. The van der Waals surface area contributed by atoms with Crippen molar-refractivity contribution >= 4 is 11.8 Å². The molecule has 0 aliphatic carbocycles. The predicted molar refractivity (Wildman–Crippen MR) is 118 cm³/mol. The third-order valence-corrected chi connectivity index (χ3v) is 5.08. The lowest BCUT2D eigenvalue weighted by atomic mass is 10.1. The van der Waals surface area contributed by atoms with E-state index < -0.39 is 11.7 Å². The number of halogens is 1. The Bertz CT molecular complexity index is 1000. The molecule has 2 amide bonds. The number of benzene rings is 2. The van der Waals surface area contributed by atoms with Crippen molar-refractivity contribution in [2.75, 3.05) is 20.1 Å². The number of carbonyl (C=O) groups excluding carboxylic acids is 2. The van der Waals surface area contributed by atoms with Crippen LogP contribution < -0.4 is 5.32 Å². The summed E-state index contributed by atoms with van der Waals surface area (Å²) in [4.78, 5) is 25.8. The second kappa shape index (κ2) is 11.1. The van der Waals surface area contributed by atoms with Crippen LogP contribution in [0.15, 0.2) is 60.7 Å². The second-order valence-electron chi connectivity index (χ2n) is 7.43. The Morgan fingerprint density at radius 1 is 1.03 bits per heavy atom. The number of aromatic nitrogens is 2. The van der Waals surface area contributed by atoms with Crippen LogP contribution in [0.25, 0.3) is 11.3 Å². The van der Waals surface area contributed by atoms with Crippen LogP contribution in [0.4, 0.5) is 4.39 Å². The number of nitrogens with zero attached hydrogens (tertiary/aromatic N) is 2. The van der Waals surface area contributed by atoms with Crippen molar-refractivity contribution in [1.82, 2.24) is 20.4 Å². The van der Waals surface area contributed by atoms with Crippen LogP contribution in [0.5, 0.6) is 0 Å². The van der Waals surface area contributed by atoms with Crippen LogP contribution >= 0.6 is 0 Å². The van der Waals surface area contributed by atoms with Crippen molar-refractivity contribution in [2.24, 2.45) is 0 Å². The zero-order valence-corrected chi connectivity index (χ0v) is 17.6. The van der Waals surface area contributed by atoms with Gasteiger partial charge in [-0.15, -0.1) is 0 Å². The molecule has 0 aliphatic heterocycles. The van der Waals surface area contributed by atoms with Gasteiger partial charge in [-0.1, -0.05) is 48.9 Å². The first-order valence-corrected chi connectivity index (χ1v) is 10.4. The number of carbonyl (C=O) groups is 2. The summed E-state index contributed by atoms with van der Waals surface area (Å²) in [5.74, 6) is -1.39. The van der Waals surface area contributed by atoms with E-state index in [0.29, 0.717) is 6.54 Å². The number of hydrogen-bond donors (Lipinski definition) is 2. The third-order valence-electron chi connectivity index (χ3n) is 5.08. The molecular weight excluding hydrogens is 395 g/mol. The fourth-order valence-electron chi connectivity index (χ4n) is 3.24. The van der Waals surface area contributed by atoms with Gasteiger partial charge in [0.15, 0.2) is 0 Å². The minimum absolute atomic E-state index is 0.0628. The molecule has 7 heteroatoms. The van der Waals surface area contributed by atoms with Gasteiger partial charge in [-0.3, -0.25) is 14.7 Å². The first-order valence-electron chi connectivity index (χ1n) is 10.4. The molecule has 31 heavy (non-hydrogen) atoms. The molecule has 3 aromatic rings. The van der Waals surface area contributed by atoms with Gasteiger partial charge in [-0.05, 0) is 37.5 Å². The van der Waals surface area contributed by atoms with Crippen molar-refractivity contribution in [3.63, 3.8) is 0 Å². The highest BCUT2D eigenvalue weighted by Crippen LogP contribution is 2.18. The molecule has 1 heterocycles. The zero-order valence-electron chi connectivity index (χ0n) is 17.6. The summed E-state index contributed by atoms with van der Waals surface area (Å²) in [6.07, 6.45) is 3.72. The van der Waals surface area contributed by atoms with Crippen LogP contribution in [0.1, 0.15) is 35.3 Å². The molecule has 0 fully saturated rings. The molecule has 2 N–H and O–H groups in total. The average Bonchev–Trinajstić information content (AvgIpc) is 3.26. The Kier molecular flexibility index (Phi) is 7.92. The monoisotopic (exact) mass is 422 g/mol. The van der Waals surface area contributed by atoms with Crippen molar-refractivity contribution in [1.29, 1.82) is 0 Å². The number of nitrogens with one attached hydrogen (secondary N) is 2. The van der Waals surface area contributed by atoms with Crippen LogP contribution in [0.2, 0.25) is 0 Å². The predicted octanol–water partition coefficient (Wildman–Crippen LogP) is 3.82. The van der Waals surface area contributed by atoms with Crippen molar-refractivity contribution in [2.45, 2.75) is 25.7 Å². The number of unbranched alkanes of at least 4 members (excludes halogenated alkanes) is 2. The fourth-order valence-corrected chi connectivity index (χ4v) is 3.24. The van der Waals surface area contributed by atoms with Gasteiger partial charge in [0.1, 0.15) is 5.82 Å². The van der Waals surface area contributed by atoms with E-state index in [0.717, 1.165) is 42.6 Å². The van der Waals surface area contributed by atoms with Crippen molar-refractivity contribution < 1.29 is 14.0 Å². The summed E-state index contributed by atoms with van der Waals surface area (Å²) < 4.78 is 13.6. The molecule has 0 unspecified atom stereocenters. The van der Waals surface area contributed by atoms with Crippen molar-refractivity contribution in [3.8, 4) is 11.3 Å². The molecule has 2 aromatic carbocycles. The Labute approximate surface area is 181 Å². The SMILES string of the molecule is CN(CCCCCc1cc(-c2ccccc2)n[nH]1)C(=O)CNC(=O)c1ccccc1F. The fraction of sp³-hybridized carbons (Fsp3) is 0.292. The van der Waals surface area contributed by atoms with Crippen LogP contribution in [-0.4, -0.2) is 47.0 Å². The Morgan fingerprint density at radius 2 is 1.77 bits per heavy atom. The number of amides is 2. The number of rotatable bonds is 10. The number of hydrogen-bond acceptors (Lipinski definition) is 3. The Hall–Kier alpha value is -3.48. The van der Waals surface area contributed by atoms with Crippen molar-refractivity contribution in [3.05, 3.63) is 77.7 Å². The van der Waals surface area contributed by atoms with Gasteiger partial charge in [0.05, 0.1) is 17.8 Å². The summed E-state index contributed by atoms with van der Waals surface area (Å²) >= 11 is 0. The maximum absolute atomic E-state index is 13.6. The summed E-state index contributed by atoms with van der Waals surface area (Å²) in [5.41, 5.74) is 3.07. The standard InChI is InChI=1S/C24H27FN4O2/c1-29(23(30)17-26-24(31)20-13-7-8-14-21(20)25)15-9-3-6-12-19-16-22(28-27-19)18-10-4-2-5-11-18/h2,4-5,7-8,10-11,13-14,16H,3,6,9,12,15,17H2,1H3,(H,26,31)(H,27,28). The summed E-state index contributed by atoms with van der Waals surface area (Å²) in [6.45, 7) is 0.451. The van der Waals surface area contributed by atoms with Crippen LogP contribution in [0, 0.1) is 5.82 Å². The molecule has 0 atom stereocenters. The van der Waals surface area contributed by atoms with E-state index in [2.05, 4.69) is 21.6 Å². The Balaban J connectivity index is 1.32. The topological polar surface area (TPSA) is 78.1 Å². The number of likely N-dealkylation sites (N-methyl/N-ethyl adjacent to an activating group) is 1. The van der Waals surface area contributed by atoms with Gasteiger partial charge in [-0.25, -0.2) is 4.39 Å².